The Balaban J connectivity index is 1.12. The van der Waals surface area contributed by atoms with Crippen molar-refractivity contribution in [3.63, 3.8) is 0 Å². The van der Waals surface area contributed by atoms with Crippen molar-refractivity contribution in [3.05, 3.63) is 46.8 Å². The minimum atomic E-state index is -0.479. The lowest BCUT2D eigenvalue weighted by Crippen LogP contribution is -2.50. The first-order valence-corrected chi connectivity index (χ1v) is 13.9. The van der Waals surface area contributed by atoms with Crippen LogP contribution in [0.2, 0.25) is 0 Å². The van der Waals surface area contributed by atoms with Crippen LogP contribution in [0.25, 0.3) is 37.2 Å². The number of amides is 2. The van der Waals surface area contributed by atoms with Crippen molar-refractivity contribution in [2.75, 3.05) is 19.6 Å². The van der Waals surface area contributed by atoms with Crippen molar-refractivity contribution >= 4 is 49.9 Å². The van der Waals surface area contributed by atoms with Crippen LogP contribution in [0.5, 0.6) is 0 Å². The lowest BCUT2D eigenvalue weighted by Gasteiger charge is -2.45. The van der Waals surface area contributed by atoms with Crippen LogP contribution in [0.1, 0.15) is 36.0 Å². The molecule has 12 nitrogen and oxygen atoms in total. The third-order valence-corrected chi connectivity index (χ3v) is 9.05. The molecule has 3 fully saturated rings. The molecule has 5 aromatic rings. The summed E-state index contributed by atoms with van der Waals surface area (Å²) in [4.78, 5) is 48.6. The number of thiazole rings is 1. The summed E-state index contributed by atoms with van der Waals surface area (Å²) < 4.78 is 3.12. The monoisotopic (exact) mass is 545 g/mol. The number of nitrogens with zero attached hydrogens (tertiary/aromatic N) is 6. The fourth-order valence-corrected chi connectivity index (χ4v) is 7.07. The summed E-state index contributed by atoms with van der Waals surface area (Å²) in [5.41, 5.74) is 7.60. The number of rotatable bonds is 7. The van der Waals surface area contributed by atoms with Gasteiger partial charge in [0, 0.05) is 49.8 Å². The second-order valence-corrected chi connectivity index (χ2v) is 11.5. The van der Waals surface area contributed by atoms with Crippen LogP contribution < -0.4 is 16.6 Å². The van der Waals surface area contributed by atoms with E-state index >= 15 is 0 Å². The number of pyridine rings is 2. The lowest BCUT2D eigenvalue weighted by molar-refractivity contribution is -0.118. The van der Waals surface area contributed by atoms with Crippen LogP contribution in [0.3, 0.4) is 0 Å². The molecule has 1 aliphatic carbocycles. The van der Waals surface area contributed by atoms with E-state index in [0.717, 1.165) is 29.4 Å². The van der Waals surface area contributed by atoms with Crippen LogP contribution in [-0.4, -0.2) is 71.8 Å². The molecule has 2 aliphatic heterocycles. The summed E-state index contributed by atoms with van der Waals surface area (Å²) >= 11 is 1.39. The lowest BCUT2D eigenvalue weighted by atomic mass is 9.80. The predicted octanol–water partition coefficient (Wildman–Crippen LogP) is 1.74. The van der Waals surface area contributed by atoms with E-state index in [1.54, 1.807) is 23.0 Å². The minimum absolute atomic E-state index is 0.0118. The van der Waals surface area contributed by atoms with Gasteiger partial charge >= 0.3 is 0 Å². The van der Waals surface area contributed by atoms with E-state index in [0.29, 0.717) is 44.9 Å². The fourth-order valence-electron chi connectivity index (χ4n) is 6.01. The van der Waals surface area contributed by atoms with E-state index in [4.69, 9.17) is 5.73 Å². The van der Waals surface area contributed by atoms with Gasteiger partial charge in [-0.1, -0.05) is 0 Å². The Morgan fingerprint density at radius 2 is 2.00 bits per heavy atom. The Kier molecular flexibility index (Phi) is 5.70. The van der Waals surface area contributed by atoms with Crippen molar-refractivity contribution in [1.82, 2.24) is 39.6 Å². The molecular formula is C26H27N9O3S. The highest BCUT2D eigenvalue weighted by Crippen LogP contribution is 2.35. The smallest absolute Gasteiger partial charge is 0.261 e. The van der Waals surface area contributed by atoms with E-state index in [2.05, 4.69) is 30.4 Å². The van der Waals surface area contributed by atoms with Gasteiger partial charge in [-0.05, 0) is 37.7 Å². The number of nitrogens with one attached hydrogen (secondary N) is 2. The van der Waals surface area contributed by atoms with Crippen molar-refractivity contribution in [2.24, 2.45) is 11.7 Å². The van der Waals surface area contributed by atoms with Gasteiger partial charge in [-0.25, -0.2) is 4.52 Å². The van der Waals surface area contributed by atoms with Crippen LogP contribution in [0, 0.1) is 5.92 Å². The standard InChI is InChI=1S/C26H27N9O3S/c27-20(36)13-34-11-16(9-30-34)19-12-35-26(39-19)21-23(32-35)22-18(31-25(21)38)7-15(8-29-22)24(37)28-5-6-33-10-14-1-3-17(33)4-2-14/h7-9,11-12,14,17H,1-6,10,13H2,(H2,27,36)(H,28,37)(H,31,38). The Morgan fingerprint density at radius 3 is 2.77 bits per heavy atom. The SMILES string of the molecule is NC(=O)Cn1cc(-c2cn3nc4c5ncc(C(=O)NCCN6CC7CCC6CC7)cc5[nH]c(=O)c4c3s2)cn1. The third kappa shape index (κ3) is 4.27. The molecule has 3 aliphatic rings. The number of carbonyl (C=O) groups is 2. The van der Waals surface area contributed by atoms with Gasteiger partial charge in [-0.3, -0.25) is 28.9 Å². The molecule has 39 heavy (non-hydrogen) atoms. The Hall–Kier alpha value is -4.10. The minimum Gasteiger partial charge on any atom is -0.368 e. The molecule has 200 valence electrons. The van der Waals surface area contributed by atoms with Gasteiger partial charge in [0.2, 0.25) is 5.91 Å². The topological polar surface area (TPSA) is 156 Å². The normalized spacial score (nSPS) is 19.4. The first-order valence-electron chi connectivity index (χ1n) is 13.1. The molecule has 5 aromatic heterocycles. The van der Waals surface area contributed by atoms with E-state index < -0.39 is 5.91 Å². The zero-order valence-electron chi connectivity index (χ0n) is 21.1. The molecule has 7 heterocycles. The van der Waals surface area contributed by atoms with Crippen molar-refractivity contribution in [3.8, 4) is 10.4 Å². The summed E-state index contributed by atoms with van der Waals surface area (Å²) in [6.45, 7) is 2.56. The van der Waals surface area contributed by atoms with Gasteiger partial charge in [0.05, 0.1) is 22.2 Å². The molecule has 1 saturated carbocycles. The van der Waals surface area contributed by atoms with Crippen molar-refractivity contribution in [1.29, 1.82) is 0 Å². The number of primary amides is 1. The molecule has 0 aromatic carbocycles. The van der Waals surface area contributed by atoms with Crippen LogP contribution >= 0.6 is 11.3 Å². The number of hydrogen-bond donors (Lipinski definition) is 3. The second-order valence-electron chi connectivity index (χ2n) is 10.5. The van der Waals surface area contributed by atoms with Crippen LogP contribution in [0.15, 0.2) is 35.6 Å². The van der Waals surface area contributed by atoms with Gasteiger partial charge in [0.1, 0.15) is 27.8 Å². The number of piperidine rings is 2. The molecule has 0 spiro atoms. The van der Waals surface area contributed by atoms with E-state index in [-0.39, 0.29) is 18.0 Å². The summed E-state index contributed by atoms with van der Waals surface area (Å²) in [6, 6.07) is 2.31. The highest BCUT2D eigenvalue weighted by molar-refractivity contribution is 7.21. The van der Waals surface area contributed by atoms with E-state index in [1.807, 2.05) is 6.20 Å². The van der Waals surface area contributed by atoms with E-state index in [9.17, 15) is 14.4 Å². The largest absolute Gasteiger partial charge is 0.368 e. The number of hydrogen-bond acceptors (Lipinski definition) is 8. The average Bonchev–Trinajstić information content (AvgIpc) is 3.63. The highest BCUT2D eigenvalue weighted by atomic mass is 32.1. The molecule has 4 N–H and O–H groups in total. The van der Waals surface area contributed by atoms with Gasteiger partial charge in [-0.2, -0.15) is 10.2 Å². The number of aromatic amines is 1. The molecule has 13 heteroatoms. The molecule has 2 saturated heterocycles. The number of fused-ring (bicyclic) bond motifs is 8. The average molecular weight is 546 g/mol. The first-order chi connectivity index (χ1) is 18.9. The number of aromatic nitrogens is 6. The molecular weight excluding hydrogens is 518 g/mol. The fraction of sp³-hybridized carbons (Fsp3) is 0.385. The van der Waals surface area contributed by atoms with Crippen molar-refractivity contribution < 1.29 is 9.59 Å². The maximum atomic E-state index is 13.1. The molecule has 8 rings (SSSR count). The van der Waals surface area contributed by atoms with Gasteiger partial charge in [0.15, 0.2) is 0 Å². The zero-order valence-corrected chi connectivity index (χ0v) is 21.9. The van der Waals surface area contributed by atoms with Crippen molar-refractivity contribution in [2.45, 2.75) is 38.3 Å². The molecule has 0 radical (unpaired) electrons. The first kappa shape index (κ1) is 24.0. The molecule has 2 bridgehead atoms. The predicted molar refractivity (Wildman–Crippen MR) is 147 cm³/mol. The van der Waals surface area contributed by atoms with Gasteiger partial charge < -0.3 is 16.0 Å². The second kappa shape index (κ2) is 9.27. The third-order valence-electron chi connectivity index (χ3n) is 7.91. The summed E-state index contributed by atoms with van der Waals surface area (Å²) in [5.74, 6) is 0.119. The summed E-state index contributed by atoms with van der Waals surface area (Å²) in [6.07, 6.45) is 11.9. The Morgan fingerprint density at radius 1 is 1.15 bits per heavy atom. The summed E-state index contributed by atoms with van der Waals surface area (Å²) in [7, 11) is 0. The summed E-state index contributed by atoms with van der Waals surface area (Å²) in [5, 5.41) is 12.2. The quantitative estimate of drug-likeness (QED) is 0.281. The van der Waals surface area contributed by atoms with Gasteiger partial charge in [0.25, 0.3) is 11.5 Å². The van der Waals surface area contributed by atoms with Crippen LogP contribution in [-0.2, 0) is 11.3 Å². The van der Waals surface area contributed by atoms with Crippen LogP contribution in [0.4, 0.5) is 0 Å². The van der Waals surface area contributed by atoms with Gasteiger partial charge in [-0.15, -0.1) is 11.3 Å². The zero-order chi connectivity index (χ0) is 26.7. The maximum absolute atomic E-state index is 13.1. The van der Waals surface area contributed by atoms with E-state index in [1.165, 1.54) is 47.9 Å². The number of carbonyl (C=O) groups excluding carboxylic acids is 2. The molecule has 0 unspecified atom stereocenters. The highest BCUT2D eigenvalue weighted by Gasteiger charge is 2.33. The maximum Gasteiger partial charge on any atom is 0.261 e. The number of nitrogens with two attached hydrogens (primary N) is 1. The Bertz CT molecular complexity index is 1810. The Labute approximate surface area is 225 Å². The molecule has 2 amide bonds. The number of H-pyrrole nitrogens is 1. The molecule has 0 atom stereocenters.